The molecule has 0 radical (unpaired) electrons. The molecule has 0 aliphatic heterocycles. The Kier molecular flexibility index (Phi) is 3.07. The number of halogens is 1. The number of aryl methyl sites for hydroxylation is 3. The molecule has 0 saturated carbocycles. The predicted octanol–water partition coefficient (Wildman–Crippen LogP) is 2.71. The molecule has 0 spiro atoms. The molecular formula is C12H13ClN2O2. The van der Waals surface area contributed by atoms with Crippen LogP contribution in [0.25, 0.3) is 0 Å². The number of furan rings is 1. The summed E-state index contributed by atoms with van der Waals surface area (Å²) in [7, 11) is 1.77. The van der Waals surface area contributed by atoms with E-state index in [1.54, 1.807) is 30.8 Å². The molecule has 0 N–H and O–H groups in total. The zero-order valence-corrected chi connectivity index (χ0v) is 10.7. The zero-order valence-electron chi connectivity index (χ0n) is 9.95. The average molecular weight is 253 g/mol. The summed E-state index contributed by atoms with van der Waals surface area (Å²) in [5, 5.41) is 4.71. The lowest BCUT2D eigenvalue weighted by Gasteiger charge is -2.00. The van der Waals surface area contributed by atoms with Crippen LogP contribution in [0.4, 0.5) is 0 Å². The number of carbonyl (C=O) groups is 1. The molecule has 0 saturated heterocycles. The highest BCUT2D eigenvalue weighted by atomic mass is 35.5. The molecule has 5 heteroatoms. The second kappa shape index (κ2) is 4.37. The van der Waals surface area contributed by atoms with Gasteiger partial charge in [-0.15, -0.1) is 0 Å². The maximum atomic E-state index is 11.9. The summed E-state index contributed by atoms with van der Waals surface area (Å²) in [5.74, 6) is 0.987. The molecule has 0 aromatic carbocycles. The van der Waals surface area contributed by atoms with Gasteiger partial charge in [0.15, 0.2) is 5.76 Å². The van der Waals surface area contributed by atoms with Crippen LogP contribution in [0, 0.1) is 13.8 Å². The first-order valence-corrected chi connectivity index (χ1v) is 5.64. The van der Waals surface area contributed by atoms with E-state index in [2.05, 4.69) is 5.10 Å². The van der Waals surface area contributed by atoms with Crippen LogP contribution in [0.5, 0.6) is 0 Å². The number of hydrogen-bond donors (Lipinski definition) is 0. The summed E-state index contributed by atoms with van der Waals surface area (Å²) in [5.41, 5.74) is 1.44. The Hall–Kier alpha value is -1.55. The average Bonchev–Trinajstić information content (AvgIpc) is 2.79. The van der Waals surface area contributed by atoms with Gasteiger partial charge in [0.25, 0.3) is 0 Å². The van der Waals surface area contributed by atoms with Crippen molar-refractivity contribution in [3.8, 4) is 0 Å². The van der Waals surface area contributed by atoms with Crippen LogP contribution in [-0.4, -0.2) is 15.6 Å². The monoisotopic (exact) mass is 252 g/mol. The summed E-state index contributed by atoms with van der Waals surface area (Å²) in [4.78, 5) is 11.9. The highest BCUT2D eigenvalue weighted by Crippen LogP contribution is 2.21. The Labute approximate surface area is 104 Å². The summed E-state index contributed by atoms with van der Waals surface area (Å²) in [6, 6.07) is 3.44. The van der Waals surface area contributed by atoms with Gasteiger partial charge in [0.2, 0.25) is 5.78 Å². The van der Waals surface area contributed by atoms with Gasteiger partial charge in [-0.05, 0) is 26.0 Å². The lowest BCUT2D eigenvalue weighted by Crippen LogP contribution is -2.07. The molecule has 0 unspecified atom stereocenters. The SMILES string of the molecule is Cc1ccc(C(=O)Cc2c(Cl)c(C)nn2C)o1. The Morgan fingerprint density at radius 1 is 1.47 bits per heavy atom. The molecule has 17 heavy (non-hydrogen) atoms. The minimum absolute atomic E-state index is 0.0944. The maximum absolute atomic E-state index is 11.9. The van der Waals surface area contributed by atoms with Crippen LogP contribution in [0.15, 0.2) is 16.5 Å². The fraction of sp³-hybridized carbons (Fsp3) is 0.333. The second-order valence-corrected chi connectivity index (χ2v) is 4.36. The van der Waals surface area contributed by atoms with Gasteiger partial charge in [0.1, 0.15) is 5.76 Å². The minimum Gasteiger partial charge on any atom is -0.458 e. The molecule has 0 amide bonds. The first kappa shape index (κ1) is 11.9. The van der Waals surface area contributed by atoms with Crippen LogP contribution in [-0.2, 0) is 13.5 Å². The number of ketones is 1. The van der Waals surface area contributed by atoms with Crippen molar-refractivity contribution in [1.29, 1.82) is 0 Å². The smallest absolute Gasteiger partial charge is 0.203 e. The van der Waals surface area contributed by atoms with E-state index in [0.29, 0.717) is 16.5 Å². The number of rotatable bonds is 3. The Bertz CT molecular complexity index is 569. The number of nitrogens with zero attached hydrogens (tertiary/aromatic N) is 2. The van der Waals surface area contributed by atoms with E-state index >= 15 is 0 Å². The quantitative estimate of drug-likeness (QED) is 0.789. The third-order valence-electron chi connectivity index (χ3n) is 2.60. The van der Waals surface area contributed by atoms with Crippen molar-refractivity contribution < 1.29 is 9.21 Å². The summed E-state index contributed by atoms with van der Waals surface area (Å²) < 4.78 is 6.91. The number of carbonyl (C=O) groups excluding carboxylic acids is 1. The molecular weight excluding hydrogens is 240 g/mol. The van der Waals surface area contributed by atoms with Gasteiger partial charge in [0, 0.05) is 7.05 Å². The van der Waals surface area contributed by atoms with Crippen molar-refractivity contribution in [3.63, 3.8) is 0 Å². The van der Waals surface area contributed by atoms with E-state index in [1.165, 1.54) is 0 Å². The van der Waals surface area contributed by atoms with Gasteiger partial charge in [-0.2, -0.15) is 5.10 Å². The van der Waals surface area contributed by atoms with Gasteiger partial charge in [-0.25, -0.2) is 0 Å². The van der Waals surface area contributed by atoms with E-state index in [4.69, 9.17) is 16.0 Å². The van der Waals surface area contributed by atoms with Crippen molar-refractivity contribution in [2.24, 2.45) is 7.05 Å². The van der Waals surface area contributed by atoms with Crippen LogP contribution in [0.2, 0.25) is 5.02 Å². The predicted molar refractivity (Wildman–Crippen MR) is 64.4 cm³/mol. The lowest BCUT2D eigenvalue weighted by molar-refractivity contribution is 0.0963. The first-order chi connectivity index (χ1) is 7.99. The molecule has 0 atom stereocenters. The van der Waals surface area contributed by atoms with Crippen molar-refractivity contribution in [2.45, 2.75) is 20.3 Å². The van der Waals surface area contributed by atoms with E-state index in [0.717, 1.165) is 11.5 Å². The summed E-state index contributed by atoms with van der Waals surface area (Å²) >= 11 is 6.08. The molecule has 4 nitrogen and oxygen atoms in total. The molecule has 0 fully saturated rings. The lowest BCUT2D eigenvalue weighted by atomic mass is 10.1. The Morgan fingerprint density at radius 3 is 2.65 bits per heavy atom. The van der Waals surface area contributed by atoms with E-state index in [-0.39, 0.29) is 12.2 Å². The standard InChI is InChI=1S/C12H13ClN2O2/c1-7-4-5-11(17-7)10(16)6-9-12(13)8(2)14-15(9)3/h4-5H,6H2,1-3H3. The van der Waals surface area contributed by atoms with Crippen LogP contribution < -0.4 is 0 Å². The maximum Gasteiger partial charge on any atom is 0.203 e. The van der Waals surface area contributed by atoms with Crippen molar-refractivity contribution in [1.82, 2.24) is 9.78 Å². The van der Waals surface area contributed by atoms with Crippen molar-refractivity contribution in [3.05, 3.63) is 40.1 Å². The molecule has 90 valence electrons. The number of hydrogen-bond acceptors (Lipinski definition) is 3. The first-order valence-electron chi connectivity index (χ1n) is 5.26. The normalized spacial score (nSPS) is 10.8. The summed E-state index contributed by atoms with van der Waals surface area (Å²) in [6.45, 7) is 3.62. The summed E-state index contributed by atoms with van der Waals surface area (Å²) in [6.07, 6.45) is 0.198. The van der Waals surface area contributed by atoms with Gasteiger partial charge < -0.3 is 4.42 Å². The topological polar surface area (TPSA) is 48.0 Å². The molecule has 0 aliphatic carbocycles. The van der Waals surface area contributed by atoms with Crippen molar-refractivity contribution >= 4 is 17.4 Å². The van der Waals surface area contributed by atoms with Gasteiger partial charge in [-0.1, -0.05) is 11.6 Å². The number of aromatic nitrogens is 2. The van der Waals surface area contributed by atoms with Gasteiger partial charge in [-0.3, -0.25) is 9.48 Å². The molecule has 0 aliphatic rings. The highest BCUT2D eigenvalue weighted by Gasteiger charge is 2.17. The Morgan fingerprint density at radius 2 is 2.18 bits per heavy atom. The van der Waals surface area contributed by atoms with Crippen LogP contribution >= 0.6 is 11.6 Å². The molecule has 2 heterocycles. The van der Waals surface area contributed by atoms with Gasteiger partial charge in [0.05, 0.1) is 22.8 Å². The molecule has 2 rings (SSSR count). The number of Topliss-reactive ketones (excluding diaryl/α,β-unsaturated/α-hetero) is 1. The minimum atomic E-state index is -0.0944. The molecule has 2 aromatic rings. The van der Waals surface area contributed by atoms with Crippen LogP contribution in [0.3, 0.4) is 0 Å². The third-order valence-corrected chi connectivity index (χ3v) is 3.10. The zero-order chi connectivity index (χ0) is 12.6. The molecule has 2 aromatic heterocycles. The highest BCUT2D eigenvalue weighted by molar-refractivity contribution is 6.32. The Balaban J connectivity index is 2.24. The van der Waals surface area contributed by atoms with E-state index in [9.17, 15) is 4.79 Å². The van der Waals surface area contributed by atoms with Gasteiger partial charge >= 0.3 is 0 Å². The van der Waals surface area contributed by atoms with E-state index < -0.39 is 0 Å². The largest absolute Gasteiger partial charge is 0.458 e. The fourth-order valence-electron chi connectivity index (χ4n) is 1.70. The van der Waals surface area contributed by atoms with E-state index in [1.807, 2.05) is 6.92 Å². The second-order valence-electron chi connectivity index (χ2n) is 3.98. The van der Waals surface area contributed by atoms with Crippen LogP contribution in [0.1, 0.15) is 27.7 Å². The third kappa shape index (κ3) is 2.26. The molecule has 0 bridgehead atoms. The van der Waals surface area contributed by atoms with Crippen molar-refractivity contribution in [2.75, 3.05) is 0 Å². The fourth-order valence-corrected chi connectivity index (χ4v) is 1.92.